The number of pyridine rings is 1. The van der Waals surface area contributed by atoms with Gasteiger partial charge in [-0.15, -0.1) is 0 Å². The highest BCUT2D eigenvalue weighted by Crippen LogP contribution is 2.41. The SMILES string of the molecule is COc1cccc(C(O)=C2C(=O)C(=O)N(Cc3ccncc3)C2c2cccc(Oc3ccccc3)c2)c1. The van der Waals surface area contributed by atoms with Gasteiger partial charge in [-0.05, 0) is 59.7 Å². The highest BCUT2D eigenvalue weighted by molar-refractivity contribution is 6.46. The summed E-state index contributed by atoms with van der Waals surface area (Å²) in [6, 6.07) is 26.0. The molecule has 1 atom stereocenters. The number of hydrogen-bond acceptors (Lipinski definition) is 6. The largest absolute Gasteiger partial charge is 0.507 e. The first-order valence-corrected chi connectivity index (χ1v) is 11.7. The van der Waals surface area contributed by atoms with Gasteiger partial charge < -0.3 is 19.5 Å². The zero-order valence-electron chi connectivity index (χ0n) is 20.1. The van der Waals surface area contributed by atoms with Gasteiger partial charge in [0, 0.05) is 24.5 Å². The van der Waals surface area contributed by atoms with E-state index in [0.29, 0.717) is 28.4 Å². The number of likely N-dealkylation sites (tertiary alicyclic amines) is 1. The molecule has 0 radical (unpaired) electrons. The molecule has 37 heavy (non-hydrogen) atoms. The first kappa shape index (κ1) is 23.8. The van der Waals surface area contributed by atoms with Gasteiger partial charge in [0.1, 0.15) is 23.0 Å². The first-order valence-electron chi connectivity index (χ1n) is 11.7. The third-order valence-electron chi connectivity index (χ3n) is 6.14. The number of aliphatic hydroxyl groups excluding tert-OH is 1. The molecule has 1 fully saturated rings. The minimum Gasteiger partial charge on any atom is -0.507 e. The van der Waals surface area contributed by atoms with Crippen LogP contribution in [0.2, 0.25) is 0 Å². The molecule has 1 aliphatic heterocycles. The van der Waals surface area contributed by atoms with Gasteiger partial charge in [0.15, 0.2) is 0 Å². The Labute approximate surface area is 214 Å². The molecule has 0 aliphatic carbocycles. The van der Waals surface area contributed by atoms with Crippen LogP contribution in [0.4, 0.5) is 0 Å². The van der Waals surface area contributed by atoms with Crippen LogP contribution < -0.4 is 9.47 Å². The van der Waals surface area contributed by atoms with Gasteiger partial charge in [-0.2, -0.15) is 0 Å². The van der Waals surface area contributed by atoms with Crippen molar-refractivity contribution >= 4 is 17.4 Å². The first-order chi connectivity index (χ1) is 18.0. The predicted octanol–water partition coefficient (Wildman–Crippen LogP) is 5.50. The van der Waals surface area contributed by atoms with Crippen molar-refractivity contribution in [3.8, 4) is 17.2 Å². The zero-order chi connectivity index (χ0) is 25.8. The van der Waals surface area contributed by atoms with E-state index in [1.807, 2.05) is 36.4 Å². The van der Waals surface area contributed by atoms with Crippen molar-refractivity contribution in [2.24, 2.45) is 0 Å². The van der Waals surface area contributed by atoms with Crippen LogP contribution in [-0.2, 0) is 16.1 Å². The van der Waals surface area contributed by atoms with E-state index in [2.05, 4.69) is 4.98 Å². The van der Waals surface area contributed by atoms with Gasteiger partial charge in [0.25, 0.3) is 11.7 Å². The number of hydrogen-bond donors (Lipinski definition) is 1. The molecule has 7 nitrogen and oxygen atoms in total. The fourth-order valence-corrected chi connectivity index (χ4v) is 4.37. The number of aromatic nitrogens is 1. The quantitative estimate of drug-likeness (QED) is 0.208. The number of carbonyl (C=O) groups excluding carboxylic acids is 2. The summed E-state index contributed by atoms with van der Waals surface area (Å²) in [5, 5.41) is 11.3. The molecular weight excluding hydrogens is 468 g/mol. The molecule has 1 unspecified atom stereocenters. The summed E-state index contributed by atoms with van der Waals surface area (Å²) in [5.74, 6) is -0.00503. The van der Waals surface area contributed by atoms with E-state index >= 15 is 0 Å². The fourth-order valence-electron chi connectivity index (χ4n) is 4.37. The molecule has 1 aliphatic rings. The van der Waals surface area contributed by atoms with Crippen LogP contribution in [0.5, 0.6) is 17.2 Å². The van der Waals surface area contributed by atoms with Gasteiger partial charge in [-0.3, -0.25) is 14.6 Å². The van der Waals surface area contributed by atoms with Crippen molar-refractivity contribution in [2.75, 3.05) is 7.11 Å². The van der Waals surface area contributed by atoms with Gasteiger partial charge in [0.2, 0.25) is 0 Å². The lowest BCUT2D eigenvalue weighted by Crippen LogP contribution is -2.29. The molecule has 1 aromatic heterocycles. The summed E-state index contributed by atoms with van der Waals surface area (Å²) < 4.78 is 11.3. The lowest BCUT2D eigenvalue weighted by Gasteiger charge is -2.25. The Kier molecular flexibility index (Phi) is 6.68. The van der Waals surface area contributed by atoms with E-state index < -0.39 is 17.7 Å². The van der Waals surface area contributed by atoms with Crippen molar-refractivity contribution in [1.29, 1.82) is 0 Å². The molecule has 0 saturated carbocycles. The van der Waals surface area contributed by atoms with Gasteiger partial charge >= 0.3 is 0 Å². The van der Waals surface area contributed by atoms with Gasteiger partial charge in [-0.25, -0.2) is 0 Å². The summed E-state index contributed by atoms with van der Waals surface area (Å²) in [5.41, 5.74) is 1.82. The van der Waals surface area contributed by atoms with E-state index in [9.17, 15) is 14.7 Å². The van der Waals surface area contributed by atoms with E-state index in [0.717, 1.165) is 5.56 Å². The number of carbonyl (C=O) groups is 2. The molecule has 1 N–H and O–H groups in total. The van der Waals surface area contributed by atoms with Gasteiger partial charge in [-0.1, -0.05) is 42.5 Å². The molecule has 5 rings (SSSR count). The third-order valence-corrected chi connectivity index (χ3v) is 6.14. The number of methoxy groups -OCH3 is 1. The van der Waals surface area contributed by atoms with E-state index in [-0.39, 0.29) is 17.9 Å². The number of Topliss-reactive ketones (excluding diaryl/α,β-unsaturated/α-hetero) is 1. The maximum atomic E-state index is 13.4. The molecule has 184 valence electrons. The van der Waals surface area contributed by atoms with Crippen LogP contribution in [-0.4, -0.2) is 33.8 Å². The minimum absolute atomic E-state index is 0.00386. The summed E-state index contributed by atoms with van der Waals surface area (Å²) >= 11 is 0. The molecule has 0 bridgehead atoms. The van der Waals surface area contributed by atoms with Crippen LogP contribution in [0.1, 0.15) is 22.7 Å². The number of amides is 1. The number of benzene rings is 3. The number of aliphatic hydroxyl groups is 1. The van der Waals surface area contributed by atoms with Crippen molar-refractivity contribution in [3.63, 3.8) is 0 Å². The maximum absolute atomic E-state index is 13.4. The molecule has 3 aromatic carbocycles. The summed E-state index contributed by atoms with van der Waals surface area (Å²) in [7, 11) is 1.52. The average Bonchev–Trinajstić information content (AvgIpc) is 3.19. The minimum atomic E-state index is -0.835. The number of ether oxygens (including phenoxy) is 2. The van der Waals surface area contributed by atoms with E-state index in [1.54, 1.807) is 67.0 Å². The highest BCUT2D eigenvalue weighted by Gasteiger charge is 2.46. The molecule has 2 heterocycles. The monoisotopic (exact) mass is 492 g/mol. The third kappa shape index (κ3) is 4.92. The van der Waals surface area contributed by atoms with Crippen LogP contribution in [0, 0.1) is 0 Å². The molecular formula is C30H24N2O5. The van der Waals surface area contributed by atoms with E-state index in [1.165, 1.54) is 12.0 Å². The highest BCUT2D eigenvalue weighted by atomic mass is 16.5. The fraction of sp³-hybridized carbons (Fsp3) is 0.100. The topological polar surface area (TPSA) is 89.0 Å². The van der Waals surface area contributed by atoms with Crippen LogP contribution in [0.25, 0.3) is 5.76 Å². The second-order valence-corrected chi connectivity index (χ2v) is 8.50. The van der Waals surface area contributed by atoms with Gasteiger partial charge in [0.05, 0.1) is 18.7 Å². The Morgan fingerprint density at radius 1 is 0.865 bits per heavy atom. The van der Waals surface area contributed by atoms with E-state index in [4.69, 9.17) is 9.47 Å². The van der Waals surface area contributed by atoms with Crippen LogP contribution in [0.15, 0.2) is 109 Å². The molecule has 7 heteroatoms. The Morgan fingerprint density at radius 2 is 1.57 bits per heavy atom. The number of para-hydroxylation sites is 1. The second-order valence-electron chi connectivity index (χ2n) is 8.50. The Morgan fingerprint density at radius 3 is 2.32 bits per heavy atom. The van der Waals surface area contributed by atoms with Crippen LogP contribution in [0.3, 0.4) is 0 Å². The average molecular weight is 493 g/mol. The summed E-state index contributed by atoms with van der Waals surface area (Å²) in [6.45, 7) is 0.163. The van der Waals surface area contributed by atoms with Crippen LogP contribution >= 0.6 is 0 Å². The maximum Gasteiger partial charge on any atom is 0.295 e. The molecule has 0 spiro atoms. The second kappa shape index (κ2) is 10.4. The Hall–Kier alpha value is -4.91. The number of rotatable bonds is 7. The lowest BCUT2D eigenvalue weighted by molar-refractivity contribution is -0.140. The number of ketones is 1. The van der Waals surface area contributed by atoms with Crippen molar-refractivity contribution < 1.29 is 24.2 Å². The van der Waals surface area contributed by atoms with Crippen molar-refractivity contribution in [2.45, 2.75) is 12.6 Å². The number of nitrogens with zero attached hydrogens (tertiary/aromatic N) is 2. The Bertz CT molecular complexity index is 1470. The Balaban J connectivity index is 1.62. The predicted molar refractivity (Wildman–Crippen MR) is 138 cm³/mol. The zero-order valence-corrected chi connectivity index (χ0v) is 20.1. The molecule has 4 aromatic rings. The standard InChI is InChI=1S/C30H24N2O5/c1-36-24-11-6-8-22(18-24)28(33)26-27(32(30(35)29(26)34)19-20-13-15-31-16-14-20)21-7-5-12-25(17-21)37-23-9-3-2-4-10-23/h2-18,27,33H,19H2,1H3. The van der Waals surface area contributed by atoms with Crippen molar-refractivity contribution in [3.05, 3.63) is 126 Å². The van der Waals surface area contributed by atoms with Crippen molar-refractivity contribution in [1.82, 2.24) is 9.88 Å². The molecule has 1 amide bonds. The normalized spacial score (nSPS) is 16.6. The molecule has 1 saturated heterocycles. The smallest absolute Gasteiger partial charge is 0.295 e. The summed E-state index contributed by atoms with van der Waals surface area (Å²) in [6.07, 6.45) is 3.26. The summed E-state index contributed by atoms with van der Waals surface area (Å²) in [4.78, 5) is 32.1. The lowest BCUT2D eigenvalue weighted by atomic mass is 9.95.